The molecule has 3 heteroatoms. The van der Waals surface area contributed by atoms with Crippen LogP contribution in [-0.2, 0) is 4.74 Å². The summed E-state index contributed by atoms with van der Waals surface area (Å²) in [7, 11) is 0. The third kappa shape index (κ3) is 2.52. The van der Waals surface area contributed by atoms with Crippen molar-refractivity contribution in [2.24, 2.45) is 0 Å². The third-order valence-electron chi connectivity index (χ3n) is 3.88. The van der Waals surface area contributed by atoms with Gasteiger partial charge in [0.15, 0.2) is 0 Å². The first-order valence-corrected chi connectivity index (χ1v) is 6.34. The van der Waals surface area contributed by atoms with Gasteiger partial charge in [-0.05, 0) is 40.0 Å². The smallest absolute Gasteiger partial charge is 0.0714 e. The molecule has 0 aromatic carbocycles. The van der Waals surface area contributed by atoms with Crippen LogP contribution in [0, 0.1) is 0 Å². The molecule has 2 heterocycles. The highest BCUT2D eigenvalue weighted by molar-refractivity contribution is 4.83. The molecule has 0 aliphatic carbocycles. The summed E-state index contributed by atoms with van der Waals surface area (Å²) in [4.78, 5) is 0. The third-order valence-corrected chi connectivity index (χ3v) is 3.88. The van der Waals surface area contributed by atoms with E-state index in [0.29, 0.717) is 24.2 Å². The number of rotatable bonds is 2. The van der Waals surface area contributed by atoms with Crippen molar-refractivity contribution in [1.82, 2.24) is 10.4 Å². The SMILES string of the molecule is CC1OCCC1NN1C(C)CCCC1C. The Kier molecular flexibility index (Phi) is 3.65. The average Bonchev–Trinajstić information content (AvgIpc) is 2.58. The molecule has 2 rings (SSSR count). The highest BCUT2D eigenvalue weighted by Crippen LogP contribution is 2.22. The number of hydrazine groups is 1. The summed E-state index contributed by atoms with van der Waals surface area (Å²) in [5.41, 5.74) is 3.68. The first-order chi connectivity index (χ1) is 7.18. The molecule has 2 aliphatic rings. The van der Waals surface area contributed by atoms with Crippen molar-refractivity contribution in [3.8, 4) is 0 Å². The topological polar surface area (TPSA) is 24.5 Å². The van der Waals surface area contributed by atoms with Gasteiger partial charge in [0.1, 0.15) is 0 Å². The molecule has 0 aromatic heterocycles. The fourth-order valence-corrected chi connectivity index (χ4v) is 2.77. The van der Waals surface area contributed by atoms with Crippen LogP contribution in [0.15, 0.2) is 0 Å². The van der Waals surface area contributed by atoms with E-state index in [4.69, 9.17) is 4.74 Å². The van der Waals surface area contributed by atoms with E-state index < -0.39 is 0 Å². The molecule has 0 spiro atoms. The van der Waals surface area contributed by atoms with Gasteiger partial charge in [-0.3, -0.25) is 0 Å². The van der Waals surface area contributed by atoms with Crippen molar-refractivity contribution in [2.45, 2.75) is 70.7 Å². The van der Waals surface area contributed by atoms with E-state index >= 15 is 0 Å². The van der Waals surface area contributed by atoms with Gasteiger partial charge in [0, 0.05) is 24.7 Å². The molecule has 4 atom stereocenters. The number of ether oxygens (including phenoxy) is 1. The Morgan fingerprint density at radius 1 is 1.07 bits per heavy atom. The van der Waals surface area contributed by atoms with Crippen LogP contribution in [-0.4, -0.2) is 35.8 Å². The number of piperidine rings is 1. The zero-order valence-corrected chi connectivity index (χ0v) is 10.2. The molecule has 2 fully saturated rings. The maximum Gasteiger partial charge on any atom is 0.0714 e. The van der Waals surface area contributed by atoms with Crippen LogP contribution in [0.1, 0.15) is 46.5 Å². The quantitative estimate of drug-likeness (QED) is 0.757. The molecule has 0 saturated carbocycles. The van der Waals surface area contributed by atoms with E-state index in [1.807, 2.05) is 0 Å². The Bertz CT molecular complexity index is 200. The molecule has 0 aromatic rings. The van der Waals surface area contributed by atoms with Gasteiger partial charge in [0.05, 0.1) is 6.10 Å². The van der Waals surface area contributed by atoms with Crippen molar-refractivity contribution in [3.63, 3.8) is 0 Å². The van der Waals surface area contributed by atoms with E-state index in [1.54, 1.807) is 0 Å². The lowest BCUT2D eigenvalue weighted by Crippen LogP contribution is -2.56. The van der Waals surface area contributed by atoms with Gasteiger partial charge in [-0.1, -0.05) is 6.42 Å². The number of hydrogen-bond donors (Lipinski definition) is 1. The standard InChI is InChI=1S/C12H24N2O/c1-9-5-4-6-10(2)14(9)13-12-7-8-15-11(12)3/h9-13H,4-8H2,1-3H3. The van der Waals surface area contributed by atoms with E-state index in [0.717, 1.165) is 13.0 Å². The molecule has 4 unspecified atom stereocenters. The van der Waals surface area contributed by atoms with Gasteiger partial charge in [-0.15, -0.1) is 0 Å². The molecule has 1 N–H and O–H groups in total. The van der Waals surface area contributed by atoms with Crippen molar-refractivity contribution < 1.29 is 4.74 Å². The Morgan fingerprint density at radius 3 is 2.27 bits per heavy atom. The highest BCUT2D eigenvalue weighted by atomic mass is 16.5. The van der Waals surface area contributed by atoms with Crippen LogP contribution in [0.2, 0.25) is 0 Å². The number of nitrogens with zero attached hydrogens (tertiary/aromatic N) is 1. The zero-order chi connectivity index (χ0) is 10.8. The van der Waals surface area contributed by atoms with E-state index in [9.17, 15) is 0 Å². The fraction of sp³-hybridized carbons (Fsp3) is 1.00. The molecular weight excluding hydrogens is 188 g/mol. The van der Waals surface area contributed by atoms with Gasteiger partial charge in [0.2, 0.25) is 0 Å². The Morgan fingerprint density at radius 2 is 1.73 bits per heavy atom. The van der Waals surface area contributed by atoms with Crippen molar-refractivity contribution in [3.05, 3.63) is 0 Å². The van der Waals surface area contributed by atoms with E-state index in [1.165, 1.54) is 19.3 Å². The minimum absolute atomic E-state index is 0.367. The molecule has 0 amide bonds. The minimum Gasteiger partial charge on any atom is -0.377 e. The average molecular weight is 212 g/mol. The minimum atomic E-state index is 0.367. The summed E-state index contributed by atoms with van der Waals surface area (Å²) < 4.78 is 5.59. The largest absolute Gasteiger partial charge is 0.377 e. The van der Waals surface area contributed by atoms with Crippen molar-refractivity contribution >= 4 is 0 Å². The second-order valence-corrected chi connectivity index (χ2v) is 5.14. The van der Waals surface area contributed by atoms with Gasteiger partial charge in [-0.25, -0.2) is 10.4 Å². The molecular formula is C12H24N2O. The summed E-state index contributed by atoms with van der Waals surface area (Å²) >= 11 is 0. The van der Waals surface area contributed by atoms with Gasteiger partial charge >= 0.3 is 0 Å². The van der Waals surface area contributed by atoms with Crippen LogP contribution < -0.4 is 5.43 Å². The zero-order valence-electron chi connectivity index (χ0n) is 10.2. The van der Waals surface area contributed by atoms with Gasteiger partial charge < -0.3 is 4.74 Å². The van der Waals surface area contributed by atoms with Crippen molar-refractivity contribution in [1.29, 1.82) is 0 Å². The van der Waals surface area contributed by atoms with Crippen LogP contribution in [0.3, 0.4) is 0 Å². The van der Waals surface area contributed by atoms with E-state index in [2.05, 4.69) is 31.2 Å². The summed E-state index contributed by atoms with van der Waals surface area (Å²) in [6.45, 7) is 7.73. The molecule has 88 valence electrons. The molecule has 0 bridgehead atoms. The second-order valence-electron chi connectivity index (χ2n) is 5.14. The molecule has 2 aliphatic heterocycles. The summed E-state index contributed by atoms with van der Waals surface area (Å²) in [6.07, 6.45) is 5.53. The predicted octanol–water partition coefficient (Wildman–Crippen LogP) is 1.93. The predicted molar refractivity (Wildman–Crippen MR) is 61.6 cm³/mol. The first kappa shape index (κ1) is 11.4. The van der Waals surface area contributed by atoms with Crippen LogP contribution >= 0.6 is 0 Å². The van der Waals surface area contributed by atoms with E-state index in [-0.39, 0.29) is 0 Å². The summed E-state index contributed by atoms with van der Waals surface area (Å²) in [5, 5.41) is 2.46. The van der Waals surface area contributed by atoms with Crippen LogP contribution in [0.5, 0.6) is 0 Å². The second kappa shape index (κ2) is 4.81. The number of hydrogen-bond acceptors (Lipinski definition) is 3. The lowest BCUT2D eigenvalue weighted by molar-refractivity contribution is 0.0129. The molecule has 0 radical (unpaired) electrons. The summed E-state index contributed by atoms with van der Waals surface area (Å²) in [6, 6.07) is 1.86. The van der Waals surface area contributed by atoms with Crippen molar-refractivity contribution in [2.75, 3.05) is 6.61 Å². The molecule has 15 heavy (non-hydrogen) atoms. The fourth-order valence-electron chi connectivity index (χ4n) is 2.77. The lowest BCUT2D eigenvalue weighted by atomic mass is 9.99. The molecule has 2 saturated heterocycles. The van der Waals surface area contributed by atoms with Gasteiger partial charge in [-0.2, -0.15) is 0 Å². The summed E-state index contributed by atoms with van der Waals surface area (Å²) in [5.74, 6) is 0. The van der Waals surface area contributed by atoms with Crippen LogP contribution in [0.25, 0.3) is 0 Å². The Hall–Kier alpha value is -0.120. The first-order valence-electron chi connectivity index (χ1n) is 6.34. The highest BCUT2D eigenvalue weighted by Gasteiger charge is 2.31. The lowest BCUT2D eigenvalue weighted by Gasteiger charge is -2.41. The van der Waals surface area contributed by atoms with Crippen LogP contribution in [0.4, 0.5) is 0 Å². The number of nitrogens with one attached hydrogen (secondary N) is 1. The Labute approximate surface area is 93.1 Å². The maximum absolute atomic E-state index is 5.59. The Balaban J connectivity index is 1.90. The maximum atomic E-state index is 5.59. The molecule has 3 nitrogen and oxygen atoms in total. The normalized spacial score (nSPS) is 43.4. The van der Waals surface area contributed by atoms with Gasteiger partial charge in [0.25, 0.3) is 0 Å². The monoisotopic (exact) mass is 212 g/mol.